The third-order valence-corrected chi connectivity index (χ3v) is 3.85. The third-order valence-electron chi connectivity index (χ3n) is 3.85. The van der Waals surface area contributed by atoms with Crippen LogP contribution in [-0.4, -0.2) is 15.8 Å². The molecule has 0 fully saturated rings. The molecule has 1 heterocycles. The summed E-state index contributed by atoms with van der Waals surface area (Å²) < 4.78 is 5.03. The second-order valence-corrected chi connectivity index (χ2v) is 5.64. The van der Waals surface area contributed by atoms with Crippen molar-refractivity contribution in [2.45, 2.75) is 6.92 Å². The van der Waals surface area contributed by atoms with Crippen LogP contribution >= 0.6 is 0 Å². The fraction of sp³-hybridized carbons (Fsp3) is 0.0588. The van der Waals surface area contributed by atoms with Gasteiger partial charge < -0.3 is 9.73 Å². The second kappa shape index (κ2) is 6.67. The van der Waals surface area contributed by atoms with Crippen LogP contribution in [0, 0.1) is 27.2 Å². The van der Waals surface area contributed by atoms with Gasteiger partial charge in [0, 0.05) is 29.7 Å². The fourth-order valence-electron chi connectivity index (χ4n) is 2.43. The Labute approximate surface area is 150 Å². The Morgan fingerprint density at radius 2 is 1.63 bits per heavy atom. The van der Waals surface area contributed by atoms with Gasteiger partial charge in [0.05, 0.1) is 15.5 Å². The van der Waals surface area contributed by atoms with Crippen molar-refractivity contribution in [3.05, 3.63) is 84.2 Å². The summed E-state index contributed by atoms with van der Waals surface area (Å²) >= 11 is 0. The number of anilines is 1. The first kappa shape index (κ1) is 17.7. The van der Waals surface area contributed by atoms with Gasteiger partial charge in [-0.15, -0.1) is 0 Å². The smallest absolute Gasteiger partial charge is 0.349 e. The number of hydrogen-bond acceptors (Lipinski definition) is 7. The average Bonchev–Trinajstić information content (AvgIpc) is 2.62. The molecule has 136 valence electrons. The molecular weight excluding hydrogens is 358 g/mol. The van der Waals surface area contributed by atoms with Crippen LogP contribution < -0.4 is 10.9 Å². The summed E-state index contributed by atoms with van der Waals surface area (Å²) in [5, 5.41) is 24.4. The SMILES string of the molecule is Cc1ccc([N+](=O)[O-])cc1NC(=O)c1cc2cc([N+](=O)[O-])ccc2oc1=O. The lowest BCUT2D eigenvalue weighted by Crippen LogP contribution is -2.21. The molecule has 0 radical (unpaired) electrons. The number of aryl methyl sites for hydroxylation is 1. The molecule has 0 unspecified atom stereocenters. The number of nitrogens with one attached hydrogen (secondary N) is 1. The van der Waals surface area contributed by atoms with Crippen LogP contribution in [-0.2, 0) is 0 Å². The van der Waals surface area contributed by atoms with Gasteiger partial charge in [-0.1, -0.05) is 6.07 Å². The van der Waals surface area contributed by atoms with Gasteiger partial charge >= 0.3 is 5.63 Å². The number of carbonyl (C=O) groups is 1. The summed E-state index contributed by atoms with van der Waals surface area (Å²) in [7, 11) is 0. The van der Waals surface area contributed by atoms with E-state index in [9.17, 15) is 29.8 Å². The van der Waals surface area contributed by atoms with Crippen molar-refractivity contribution in [3.8, 4) is 0 Å². The number of non-ortho nitro benzene ring substituents is 2. The highest BCUT2D eigenvalue weighted by Crippen LogP contribution is 2.23. The number of fused-ring (bicyclic) bond motifs is 1. The summed E-state index contributed by atoms with van der Waals surface area (Å²) in [6.07, 6.45) is 0. The van der Waals surface area contributed by atoms with Crippen LogP contribution in [0.5, 0.6) is 0 Å². The molecule has 0 atom stereocenters. The Balaban J connectivity index is 2.01. The molecule has 0 aliphatic heterocycles. The molecule has 10 nitrogen and oxygen atoms in total. The van der Waals surface area contributed by atoms with Gasteiger partial charge in [0.1, 0.15) is 11.1 Å². The molecule has 0 aliphatic carbocycles. The number of benzene rings is 2. The van der Waals surface area contributed by atoms with Gasteiger partial charge in [0.2, 0.25) is 0 Å². The number of nitro groups is 2. The minimum Gasteiger partial charge on any atom is -0.422 e. The average molecular weight is 369 g/mol. The molecule has 0 aliphatic rings. The fourth-order valence-corrected chi connectivity index (χ4v) is 2.43. The second-order valence-electron chi connectivity index (χ2n) is 5.64. The first-order valence-electron chi connectivity index (χ1n) is 7.55. The topological polar surface area (TPSA) is 146 Å². The van der Waals surface area contributed by atoms with E-state index in [1.54, 1.807) is 6.92 Å². The quantitative estimate of drug-likeness (QED) is 0.422. The summed E-state index contributed by atoms with van der Waals surface area (Å²) in [6.45, 7) is 1.63. The molecule has 1 N–H and O–H groups in total. The number of carbonyl (C=O) groups excluding carboxylic acids is 1. The predicted octanol–water partition coefficient (Wildman–Crippen LogP) is 3.17. The van der Waals surface area contributed by atoms with Crippen molar-refractivity contribution in [1.82, 2.24) is 0 Å². The molecule has 0 saturated heterocycles. The van der Waals surface area contributed by atoms with E-state index in [0.717, 1.165) is 0 Å². The minimum atomic E-state index is -0.933. The molecule has 1 aromatic heterocycles. The van der Waals surface area contributed by atoms with Crippen molar-refractivity contribution in [3.63, 3.8) is 0 Å². The van der Waals surface area contributed by atoms with E-state index in [1.165, 1.54) is 42.5 Å². The Bertz CT molecular complexity index is 1170. The van der Waals surface area contributed by atoms with E-state index in [1.807, 2.05) is 0 Å². The van der Waals surface area contributed by atoms with Crippen molar-refractivity contribution in [1.29, 1.82) is 0 Å². The zero-order valence-corrected chi connectivity index (χ0v) is 13.8. The Kier molecular flexibility index (Phi) is 4.38. The molecule has 1 amide bonds. The van der Waals surface area contributed by atoms with Crippen LogP contribution in [0.1, 0.15) is 15.9 Å². The summed E-state index contributed by atoms with van der Waals surface area (Å²) in [5.74, 6) is -0.847. The lowest BCUT2D eigenvalue weighted by atomic mass is 10.1. The maximum absolute atomic E-state index is 12.5. The molecular formula is C17H11N3O7. The van der Waals surface area contributed by atoms with E-state index in [-0.39, 0.29) is 33.6 Å². The lowest BCUT2D eigenvalue weighted by Gasteiger charge is -2.08. The maximum atomic E-state index is 12.5. The van der Waals surface area contributed by atoms with Crippen LogP contribution in [0.15, 0.2) is 51.7 Å². The van der Waals surface area contributed by atoms with E-state index in [0.29, 0.717) is 5.56 Å². The minimum absolute atomic E-state index is 0.0914. The van der Waals surface area contributed by atoms with Gasteiger partial charge in [-0.05, 0) is 24.6 Å². The van der Waals surface area contributed by atoms with Gasteiger partial charge in [-0.2, -0.15) is 0 Å². The zero-order valence-electron chi connectivity index (χ0n) is 13.8. The van der Waals surface area contributed by atoms with Crippen LogP contribution in [0.2, 0.25) is 0 Å². The molecule has 3 rings (SSSR count). The largest absolute Gasteiger partial charge is 0.422 e. The molecule has 0 bridgehead atoms. The molecule has 10 heteroatoms. The van der Waals surface area contributed by atoms with Crippen LogP contribution in [0.3, 0.4) is 0 Å². The zero-order chi connectivity index (χ0) is 19.7. The molecule has 0 spiro atoms. The van der Waals surface area contributed by atoms with E-state index in [4.69, 9.17) is 4.42 Å². The standard InChI is InChI=1S/C17H11N3O7/c1-9-2-3-12(20(25)26)8-14(9)18-16(21)13-7-10-6-11(19(23)24)4-5-15(10)27-17(13)22/h2-8H,1H3,(H,18,21). The highest BCUT2D eigenvalue weighted by molar-refractivity contribution is 6.06. The summed E-state index contributed by atoms with van der Waals surface area (Å²) in [6, 6.07) is 8.71. The van der Waals surface area contributed by atoms with Crippen LogP contribution in [0.25, 0.3) is 11.0 Å². The van der Waals surface area contributed by atoms with Gasteiger partial charge in [-0.3, -0.25) is 25.0 Å². The van der Waals surface area contributed by atoms with Crippen molar-refractivity contribution < 1.29 is 19.1 Å². The number of hydrogen-bond donors (Lipinski definition) is 1. The van der Waals surface area contributed by atoms with E-state index in [2.05, 4.69) is 5.32 Å². The molecule has 2 aromatic carbocycles. The molecule has 27 heavy (non-hydrogen) atoms. The number of rotatable bonds is 4. The molecule has 0 saturated carbocycles. The predicted molar refractivity (Wildman–Crippen MR) is 94.9 cm³/mol. The van der Waals surface area contributed by atoms with E-state index >= 15 is 0 Å². The van der Waals surface area contributed by atoms with Crippen molar-refractivity contribution >= 4 is 33.9 Å². The third kappa shape index (κ3) is 3.49. The lowest BCUT2D eigenvalue weighted by molar-refractivity contribution is -0.384. The highest BCUT2D eigenvalue weighted by Gasteiger charge is 2.18. The number of nitrogens with zero attached hydrogens (tertiary/aromatic N) is 2. The molecule has 3 aromatic rings. The van der Waals surface area contributed by atoms with Gasteiger partial charge in [0.25, 0.3) is 17.3 Å². The summed E-state index contributed by atoms with van der Waals surface area (Å²) in [5.41, 5.74) is -0.962. The van der Waals surface area contributed by atoms with Gasteiger partial charge in [0.15, 0.2) is 0 Å². The van der Waals surface area contributed by atoms with Crippen molar-refractivity contribution in [2.24, 2.45) is 0 Å². The van der Waals surface area contributed by atoms with Gasteiger partial charge in [-0.25, -0.2) is 4.79 Å². The van der Waals surface area contributed by atoms with Crippen LogP contribution in [0.4, 0.5) is 17.1 Å². The highest BCUT2D eigenvalue weighted by atomic mass is 16.6. The Morgan fingerprint density at radius 1 is 1.00 bits per heavy atom. The number of nitro benzene ring substituents is 2. The first-order chi connectivity index (χ1) is 12.8. The first-order valence-corrected chi connectivity index (χ1v) is 7.55. The summed E-state index contributed by atoms with van der Waals surface area (Å²) in [4.78, 5) is 45.1. The Hall–Kier alpha value is -4.08. The maximum Gasteiger partial charge on any atom is 0.349 e. The van der Waals surface area contributed by atoms with E-state index < -0.39 is 21.4 Å². The normalized spacial score (nSPS) is 10.6. The number of amides is 1. The Morgan fingerprint density at radius 3 is 2.30 bits per heavy atom. The monoisotopic (exact) mass is 369 g/mol. The van der Waals surface area contributed by atoms with Crippen molar-refractivity contribution in [2.75, 3.05) is 5.32 Å².